The predicted molar refractivity (Wildman–Crippen MR) is 136 cm³/mol. The van der Waals surface area contributed by atoms with Gasteiger partial charge in [-0.2, -0.15) is 0 Å². The van der Waals surface area contributed by atoms with E-state index >= 15 is 0 Å². The smallest absolute Gasteiger partial charge is 0.254 e. The van der Waals surface area contributed by atoms with Crippen LogP contribution in [0, 0.1) is 5.82 Å². The van der Waals surface area contributed by atoms with Crippen LogP contribution in [-0.4, -0.2) is 106 Å². The Morgan fingerprint density at radius 1 is 1.13 bits per heavy atom. The van der Waals surface area contributed by atoms with Gasteiger partial charge in [-0.15, -0.1) is 5.10 Å². The molecule has 0 bridgehead atoms. The van der Waals surface area contributed by atoms with Crippen LogP contribution in [0.3, 0.4) is 0 Å². The monoisotopic (exact) mass is 529 g/mol. The number of carbonyl (C=O) groups excluding carboxylic acids is 1. The van der Waals surface area contributed by atoms with E-state index in [1.807, 2.05) is 36.2 Å². The zero-order valence-corrected chi connectivity index (χ0v) is 21.4. The third-order valence-electron chi connectivity index (χ3n) is 6.72. The average Bonchev–Trinajstić information content (AvgIpc) is 3.41. The number of ether oxygens (including phenoxy) is 2. The van der Waals surface area contributed by atoms with Crippen LogP contribution in [0.2, 0.25) is 0 Å². The van der Waals surface area contributed by atoms with Gasteiger partial charge in [0.1, 0.15) is 41.6 Å². The summed E-state index contributed by atoms with van der Waals surface area (Å²) in [6.07, 6.45) is -3.97. The van der Waals surface area contributed by atoms with Crippen molar-refractivity contribution in [1.29, 1.82) is 0 Å². The Hall–Kier alpha value is -3.58. The molecule has 2 aromatic carbocycles. The average molecular weight is 530 g/mol. The van der Waals surface area contributed by atoms with Crippen LogP contribution in [0.1, 0.15) is 6.04 Å². The number of amides is 1. The van der Waals surface area contributed by atoms with E-state index in [0.29, 0.717) is 30.1 Å². The first-order valence-corrected chi connectivity index (χ1v) is 12.1. The summed E-state index contributed by atoms with van der Waals surface area (Å²) in [5, 5.41) is 39.8. The van der Waals surface area contributed by atoms with E-state index in [-0.39, 0.29) is 0 Å². The Kier molecular flexibility index (Phi) is 8.57. The van der Waals surface area contributed by atoms with Crippen molar-refractivity contribution in [2.75, 3.05) is 45.8 Å². The van der Waals surface area contributed by atoms with Crippen molar-refractivity contribution in [2.45, 2.75) is 30.5 Å². The summed E-state index contributed by atoms with van der Waals surface area (Å²) in [6, 6.07) is 12.1. The Morgan fingerprint density at radius 3 is 2.61 bits per heavy atom. The maximum Gasteiger partial charge on any atom is 0.254 e. The SMILES string of the molecule is COc1ccccc1N(C)CCN(C)C(=O)[C@@H]1O[C@H](CO)[C@H](O)[C@H](n2cc(-c3cccc(F)c3)nn2)[C@H]1O. The standard InChI is InChI=1S/C26H32FN5O6/c1-30(19-9-4-5-10-20(19)37-3)11-12-31(2)26(36)25-24(35)22(23(34)21(15-33)38-25)32-14-18(28-29-32)16-7-6-8-17(27)13-16/h4-10,13-14,21-25,33-35H,11-12,15H2,1-3H3/t21-,22+,23+,24-,25-/m1/s1. The Bertz CT molecular complexity index is 1240. The van der Waals surface area contributed by atoms with Gasteiger partial charge in [0.2, 0.25) is 0 Å². The molecule has 0 saturated carbocycles. The number of aliphatic hydroxyl groups excluding tert-OH is 3. The molecular formula is C26H32FN5O6. The molecule has 1 aliphatic rings. The zero-order chi connectivity index (χ0) is 27.4. The van der Waals surface area contributed by atoms with Gasteiger partial charge < -0.3 is 34.6 Å². The van der Waals surface area contributed by atoms with Gasteiger partial charge in [-0.25, -0.2) is 9.07 Å². The molecule has 3 aromatic rings. The summed E-state index contributed by atoms with van der Waals surface area (Å²) < 4.78 is 25.9. The summed E-state index contributed by atoms with van der Waals surface area (Å²) in [7, 11) is 5.04. The van der Waals surface area contributed by atoms with E-state index < -0.39 is 48.8 Å². The van der Waals surface area contributed by atoms with Crippen molar-refractivity contribution < 1.29 is 34.0 Å². The van der Waals surface area contributed by atoms with Crippen LogP contribution in [0.5, 0.6) is 5.75 Å². The molecule has 5 atom stereocenters. The summed E-state index contributed by atoms with van der Waals surface area (Å²) in [6.45, 7) is 0.172. The first-order valence-electron chi connectivity index (χ1n) is 12.1. The molecule has 0 aliphatic carbocycles. The fourth-order valence-corrected chi connectivity index (χ4v) is 4.51. The van der Waals surface area contributed by atoms with Gasteiger partial charge in [-0.05, 0) is 24.3 Å². The first-order chi connectivity index (χ1) is 18.2. The minimum absolute atomic E-state index is 0.296. The van der Waals surface area contributed by atoms with E-state index in [2.05, 4.69) is 10.3 Å². The van der Waals surface area contributed by atoms with Crippen molar-refractivity contribution in [1.82, 2.24) is 19.9 Å². The molecular weight excluding hydrogens is 497 g/mol. The minimum atomic E-state index is -1.50. The number of aliphatic hydroxyl groups is 3. The summed E-state index contributed by atoms with van der Waals surface area (Å²) >= 11 is 0. The van der Waals surface area contributed by atoms with Gasteiger partial charge in [0.15, 0.2) is 6.10 Å². The third kappa shape index (κ3) is 5.63. The molecule has 204 valence electrons. The number of benzene rings is 2. The molecule has 0 radical (unpaired) electrons. The molecule has 1 aliphatic heterocycles. The molecule has 1 aromatic heterocycles. The van der Waals surface area contributed by atoms with Crippen LogP contribution in [0.25, 0.3) is 11.3 Å². The Labute approximate surface area is 219 Å². The molecule has 3 N–H and O–H groups in total. The number of hydrogen-bond donors (Lipinski definition) is 3. The van der Waals surface area contributed by atoms with Crippen LogP contribution in [0.4, 0.5) is 10.1 Å². The number of likely N-dealkylation sites (N-methyl/N-ethyl adjacent to an activating group) is 2. The highest BCUT2D eigenvalue weighted by molar-refractivity contribution is 5.81. The Balaban J connectivity index is 1.49. The summed E-state index contributed by atoms with van der Waals surface area (Å²) in [5.74, 6) is -0.275. The quantitative estimate of drug-likeness (QED) is 0.367. The molecule has 1 saturated heterocycles. The number of nitrogens with zero attached hydrogens (tertiary/aromatic N) is 5. The van der Waals surface area contributed by atoms with Crippen molar-refractivity contribution in [3.8, 4) is 17.0 Å². The predicted octanol–water partition coefficient (Wildman–Crippen LogP) is 0.710. The van der Waals surface area contributed by atoms with Crippen LogP contribution >= 0.6 is 0 Å². The minimum Gasteiger partial charge on any atom is -0.495 e. The molecule has 38 heavy (non-hydrogen) atoms. The fourth-order valence-electron chi connectivity index (χ4n) is 4.51. The highest BCUT2D eigenvalue weighted by Gasteiger charge is 2.49. The van der Waals surface area contributed by atoms with Crippen LogP contribution < -0.4 is 9.64 Å². The highest BCUT2D eigenvalue weighted by Crippen LogP contribution is 2.32. The van der Waals surface area contributed by atoms with E-state index in [1.54, 1.807) is 20.2 Å². The number of para-hydroxylation sites is 2. The summed E-state index contributed by atoms with van der Waals surface area (Å²) in [4.78, 5) is 16.7. The molecule has 1 fully saturated rings. The maximum atomic E-state index is 13.7. The van der Waals surface area contributed by atoms with Crippen LogP contribution in [0.15, 0.2) is 54.7 Å². The molecule has 1 amide bonds. The van der Waals surface area contributed by atoms with Crippen molar-refractivity contribution >= 4 is 11.6 Å². The lowest BCUT2D eigenvalue weighted by Crippen LogP contribution is -2.60. The number of aromatic nitrogens is 3. The molecule has 4 rings (SSSR count). The van der Waals surface area contributed by atoms with Crippen molar-refractivity contribution in [3.05, 3.63) is 60.5 Å². The van der Waals surface area contributed by atoms with E-state index in [4.69, 9.17) is 9.47 Å². The number of rotatable bonds is 9. The number of carbonyl (C=O) groups is 1. The lowest BCUT2D eigenvalue weighted by Gasteiger charge is -2.42. The molecule has 2 heterocycles. The number of anilines is 1. The largest absolute Gasteiger partial charge is 0.495 e. The third-order valence-corrected chi connectivity index (χ3v) is 6.72. The number of methoxy groups -OCH3 is 1. The van der Waals surface area contributed by atoms with Crippen LogP contribution in [-0.2, 0) is 9.53 Å². The van der Waals surface area contributed by atoms with Gasteiger partial charge >= 0.3 is 0 Å². The fraction of sp³-hybridized carbons (Fsp3) is 0.423. The highest BCUT2D eigenvalue weighted by atomic mass is 19.1. The van der Waals surface area contributed by atoms with Crippen molar-refractivity contribution in [3.63, 3.8) is 0 Å². The number of hydrogen-bond acceptors (Lipinski definition) is 9. The molecule has 0 unspecified atom stereocenters. The molecule has 0 spiro atoms. The van der Waals surface area contributed by atoms with Gasteiger partial charge in [0.05, 0.1) is 25.6 Å². The van der Waals surface area contributed by atoms with Gasteiger partial charge in [0, 0.05) is 32.7 Å². The second-order valence-electron chi connectivity index (χ2n) is 9.20. The van der Waals surface area contributed by atoms with Gasteiger partial charge in [0.25, 0.3) is 5.91 Å². The second kappa shape index (κ2) is 11.9. The normalized spacial score (nSPS) is 23.2. The lowest BCUT2D eigenvalue weighted by atomic mass is 9.92. The zero-order valence-electron chi connectivity index (χ0n) is 21.4. The van der Waals surface area contributed by atoms with E-state index in [9.17, 15) is 24.5 Å². The second-order valence-corrected chi connectivity index (χ2v) is 9.20. The maximum absolute atomic E-state index is 13.7. The topological polar surface area (TPSA) is 133 Å². The molecule has 12 heteroatoms. The number of halogens is 1. The first kappa shape index (κ1) is 27.5. The van der Waals surface area contributed by atoms with Crippen molar-refractivity contribution in [2.24, 2.45) is 0 Å². The van der Waals surface area contributed by atoms with E-state index in [0.717, 1.165) is 5.69 Å². The summed E-state index contributed by atoms with van der Waals surface area (Å²) in [5.41, 5.74) is 1.63. The van der Waals surface area contributed by atoms with Gasteiger partial charge in [-0.1, -0.05) is 29.5 Å². The van der Waals surface area contributed by atoms with Gasteiger partial charge in [-0.3, -0.25) is 4.79 Å². The lowest BCUT2D eigenvalue weighted by molar-refractivity contribution is -0.210. The molecule has 11 nitrogen and oxygen atoms in total. The van der Waals surface area contributed by atoms with E-state index in [1.165, 1.54) is 34.0 Å². The Morgan fingerprint density at radius 2 is 1.89 bits per heavy atom.